The molecule has 2 amide bonds. The Balaban J connectivity index is 1.76. The molecule has 0 saturated carbocycles. The number of carbonyl (C=O) groups excluding carboxylic acids is 1. The highest BCUT2D eigenvalue weighted by Gasteiger charge is 2.19. The van der Waals surface area contributed by atoms with Crippen molar-refractivity contribution in [3.8, 4) is 0 Å². The van der Waals surface area contributed by atoms with Gasteiger partial charge in [0.15, 0.2) is 0 Å². The van der Waals surface area contributed by atoms with E-state index in [0.29, 0.717) is 5.92 Å². The highest BCUT2D eigenvalue weighted by molar-refractivity contribution is 5.89. The number of likely N-dealkylation sites (tertiary alicyclic amines) is 1. The van der Waals surface area contributed by atoms with Crippen LogP contribution in [-0.4, -0.2) is 37.6 Å². The number of hydrogen-bond donors (Lipinski definition) is 3. The number of nitrogens with two attached hydrogens (primary N) is 1. The molecule has 5 heteroatoms. The van der Waals surface area contributed by atoms with Gasteiger partial charge in [-0.15, -0.1) is 0 Å². The van der Waals surface area contributed by atoms with Gasteiger partial charge in [-0.2, -0.15) is 0 Å². The molecule has 0 aromatic heterocycles. The highest BCUT2D eigenvalue weighted by atomic mass is 16.2. The summed E-state index contributed by atoms with van der Waals surface area (Å²) in [7, 11) is 2.11. The molecule has 2 atom stereocenters. The molecular formula is C15H24N4O. The minimum atomic E-state index is -0.145. The van der Waals surface area contributed by atoms with Crippen LogP contribution in [0.4, 0.5) is 10.5 Å². The molecule has 5 nitrogen and oxygen atoms in total. The van der Waals surface area contributed by atoms with Crippen LogP contribution in [0.1, 0.15) is 24.9 Å². The van der Waals surface area contributed by atoms with Crippen LogP contribution in [0.2, 0.25) is 0 Å². The van der Waals surface area contributed by atoms with E-state index in [1.807, 2.05) is 31.2 Å². The first-order chi connectivity index (χ1) is 9.54. The van der Waals surface area contributed by atoms with E-state index in [1.54, 1.807) is 0 Å². The number of rotatable bonds is 4. The molecule has 0 spiro atoms. The first-order valence-corrected chi connectivity index (χ1v) is 7.13. The van der Waals surface area contributed by atoms with Crippen molar-refractivity contribution in [3.05, 3.63) is 29.8 Å². The summed E-state index contributed by atoms with van der Waals surface area (Å²) in [6.07, 6.45) is 1.15. The van der Waals surface area contributed by atoms with Gasteiger partial charge in [0.25, 0.3) is 0 Å². The smallest absolute Gasteiger partial charge is 0.319 e. The van der Waals surface area contributed by atoms with E-state index >= 15 is 0 Å². The minimum Gasteiger partial charge on any atom is -0.338 e. The first-order valence-electron chi connectivity index (χ1n) is 7.13. The molecule has 1 fully saturated rings. The fourth-order valence-corrected chi connectivity index (χ4v) is 2.48. The zero-order valence-corrected chi connectivity index (χ0v) is 12.2. The van der Waals surface area contributed by atoms with Crippen LogP contribution in [0.15, 0.2) is 24.3 Å². The molecular weight excluding hydrogens is 252 g/mol. The largest absolute Gasteiger partial charge is 0.338 e. The van der Waals surface area contributed by atoms with Gasteiger partial charge in [-0.1, -0.05) is 12.1 Å². The topological polar surface area (TPSA) is 70.4 Å². The van der Waals surface area contributed by atoms with Gasteiger partial charge < -0.3 is 21.3 Å². The van der Waals surface area contributed by atoms with Gasteiger partial charge in [0.1, 0.15) is 0 Å². The van der Waals surface area contributed by atoms with Crippen molar-refractivity contribution >= 4 is 11.7 Å². The number of carbonyl (C=O) groups is 1. The van der Waals surface area contributed by atoms with Crippen molar-refractivity contribution in [2.24, 2.45) is 11.7 Å². The van der Waals surface area contributed by atoms with Crippen molar-refractivity contribution in [3.63, 3.8) is 0 Å². The summed E-state index contributed by atoms with van der Waals surface area (Å²) in [4.78, 5) is 14.1. The van der Waals surface area contributed by atoms with Gasteiger partial charge in [-0.3, -0.25) is 0 Å². The fraction of sp³-hybridized carbons (Fsp3) is 0.533. The fourth-order valence-electron chi connectivity index (χ4n) is 2.48. The predicted octanol–water partition coefficient (Wildman–Crippen LogP) is 1.78. The minimum absolute atomic E-state index is 0.0113. The number of anilines is 1. The van der Waals surface area contributed by atoms with E-state index in [0.717, 1.165) is 37.3 Å². The molecule has 20 heavy (non-hydrogen) atoms. The predicted molar refractivity (Wildman–Crippen MR) is 81.7 cm³/mol. The Morgan fingerprint density at radius 1 is 1.45 bits per heavy atom. The normalized spacial score (nSPS) is 20.6. The quantitative estimate of drug-likeness (QED) is 0.785. The molecule has 4 N–H and O–H groups in total. The third-order valence-electron chi connectivity index (χ3n) is 3.73. The average Bonchev–Trinajstić information content (AvgIpc) is 2.83. The second-order valence-electron chi connectivity index (χ2n) is 5.66. The van der Waals surface area contributed by atoms with Gasteiger partial charge in [0.05, 0.1) is 0 Å². The van der Waals surface area contributed by atoms with E-state index in [1.165, 1.54) is 0 Å². The molecule has 2 unspecified atom stereocenters. The monoisotopic (exact) mass is 276 g/mol. The second kappa shape index (κ2) is 6.72. The molecule has 1 heterocycles. The lowest BCUT2D eigenvalue weighted by Gasteiger charge is -2.13. The summed E-state index contributed by atoms with van der Waals surface area (Å²) >= 11 is 0. The van der Waals surface area contributed by atoms with Crippen molar-refractivity contribution < 1.29 is 4.79 Å². The van der Waals surface area contributed by atoms with E-state index < -0.39 is 0 Å². The van der Waals surface area contributed by atoms with Crippen molar-refractivity contribution in [2.45, 2.75) is 19.4 Å². The third kappa shape index (κ3) is 4.21. The number of hydrogen-bond acceptors (Lipinski definition) is 3. The number of amides is 2. The summed E-state index contributed by atoms with van der Waals surface area (Å²) < 4.78 is 0. The van der Waals surface area contributed by atoms with Gasteiger partial charge in [-0.05, 0) is 50.6 Å². The summed E-state index contributed by atoms with van der Waals surface area (Å²) in [6.45, 7) is 4.85. The van der Waals surface area contributed by atoms with Crippen LogP contribution in [0.5, 0.6) is 0 Å². The zero-order valence-electron chi connectivity index (χ0n) is 12.2. The molecule has 0 radical (unpaired) electrons. The first kappa shape index (κ1) is 14.8. The Morgan fingerprint density at radius 3 is 2.70 bits per heavy atom. The van der Waals surface area contributed by atoms with E-state index in [2.05, 4.69) is 22.6 Å². The number of nitrogens with one attached hydrogen (secondary N) is 2. The van der Waals surface area contributed by atoms with Gasteiger partial charge in [0, 0.05) is 24.8 Å². The Labute approximate surface area is 120 Å². The SMILES string of the molecule is CC(N)c1ccc(NC(=O)NCC2CCN(C)C2)cc1. The maximum Gasteiger partial charge on any atom is 0.319 e. The Bertz CT molecular complexity index is 444. The third-order valence-corrected chi connectivity index (χ3v) is 3.73. The maximum atomic E-state index is 11.8. The van der Waals surface area contributed by atoms with Crippen molar-refractivity contribution in [1.29, 1.82) is 0 Å². The van der Waals surface area contributed by atoms with Crippen LogP contribution >= 0.6 is 0 Å². The average molecular weight is 276 g/mol. The Kier molecular flexibility index (Phi) is 4.98. The van der Waals surface area contributed by atoms with Crippen LogP contribution in [0, 0.1) is 5.92 Å². The van der Waals surface area contributed by atoms with Crippen LogP contribution in [-0.2, 0) is 0 Å². The molecule has 110 valence electrons. The summed E-state index contributed by atoms with van der Waals surface area (Å²) in [5.41, 5.74) is 7.64. The van der Waals surface area contributed by atoms with Crippen LogP contribution in [0.3, 0.4) is 0 Å². The number of benzene rings is 1. The summed E-state index contributed by atoms with van der Waals surface area (Å²) in [5, 5.41) is 5.77. The highest BCUT2D eigenvalue weighted by Crippen LogP contribution is 2.15. The lowest BCUT2D eigenvalue weighted by Crippen LogP contribution is -2.33. The second-order valence-corrected chi connectivity index (χ2v) is 5.66. The molecule has 1 aromatic carbocycles. The molecule has 1 aliphatic heterocycles. The zero-order chi connectivity index (χ0) is 14.5. The molecule has 0 aliphatic carbocycles. The lowest BCUT2D eigenvalue weighted by atomic mass is 10.1. The standard InChI is InChI=1S/C15H24N4O/c1-11(16)13-3-5-14(6-4-13)18-15(20)17-9-12-7-8-19(2)10-12/h3-6,11-12H,7-10,16H2,1-2H3,(H2,17,18,20). The van der Waals surface area contributed by atoms with Crippen LogP contribution in [0.25, 0.3) is 0 Å². The van der Waals surface area contributed by atoms with E-state index in [4.69, 9.17) is 5.73 Å². The number of nitrogens with zero attached hydrogens (tertiary/aromatic N) is 1. The van der Waals surface area contributed by atoms with Crippen LogP contribution < -0.4 is 16.4 Å². The maximum absolute atomic E-state index is 11.8. The molecule has 2 rings (SSSR count). The van der Waals surface area contributed by atoms with Crippen molar-refractivity contribution in [2.75, 3.05) is 32.0 Å². The Morgan fingerprint density at radius 2 is 2.15 bits per heavy atom. The van der Waals surface area contributed by atoms with Gasteiger partial charge >= 0.3 is 6.03 Å². The molecule has 0 bridgehead atoms. The lowest BCUT2D eigenvalue weighted by molar-refractivity contribution is 0.250. The summed E-state index contributed by atoms with van der Waals surface area (Å²) in [5.74, 6) is 0.561. The van der Waals surface area contributed by atoms with E-state index in [9.17, 15) is 4.79 Å². The molecule has 1 aliphatic rings. The van der Waals surface area contributed by atoms with Crippen molar-refractivity contribution in [1.82, 2.24) is 10.2 Å². The van der Waals surface area contributed by atoms with Gasteiger partial charge in [-0.25, -0.2) is 4.79 Å². The van der Waals surface area contributed by atoms with Gasteiger partial charge in [0.2, 0.25) is 0 Å². The van der Waals surface area contributed by atoms with E-state index in [-0.39, 0.29) is 12.1 Å². The molecule has 1 saturated heterocycles. The summed E-state index contributed by atoms with van der Waals surface area (Å²) in [6, 6.07) is 7.49. The number of urea groups is 1. The molecule has 1 aromatic rings. The Hall–Kier alpha value is -1.59.